The molecule has 0 N–H and O–H groups in total. The molecule has 0 heterocycles. The van der Waals surface area contributed by atoms with Gasteiger partial charge in [0.15, 0.2) is 15.6 Å². The zero-order chi connectivity index (χ0) is 14.6. The van der Waals surface area contributed by atoms with Crippen molar-refractivity contribution in [1.82, 2.24) is 0 Å². The summed E-state index contributed by atoms with van der Waals surface area (Å²) in [5.74, 6) is -1.22. The predicted molar refractivity (Wildman–Crippen MR) is 76.2 cm³/mol. The van der Waals surface area contributed by atoms with Gasteiger partial charge in [0.05, 0.1) is 4.90 Å². The van der Waals surface area contributed by atoms with E-state index in [1.807, 2.05) is 6.92 Å². The Balaban J connectivity index is 1.97. The van der Waals surface area contributed by atoms with Gasteiger partial charge in [-0.25, -0.2) is 8.42 Å². The molecular weight excluding hydrogens is 276 g/mol. The highest BCUT2D eigenvalue weighted by Gasteiger charge is 2.23. The van der Waals surface area contributed by atoms with Crippen LogP contribution in [-0.2, 0) is 19.4 Å². The average molecular weight is 296 g/mol. The highest BCUT2D eigenvalue weighted by atomic mass is 32.2. The number of carbonyl (C=O) groups is 1. The lowest BCUT2D eigenvalue weighted by Crippen LogP contribution is -2.26. The summed E-state index contributed by atoms with van der Waals surface area (Å²) in [7, 11) is -3.60. The van der Waals surface area contributed by atoms with E-state index in [0.717, 1.165) is 37.7 Å². The van der Waals surface area contributed by atoms with E-state index in [9.17, 15) is 13.2 Å². The first-order chi connectivity index (χ1) is 9.47. The molecule has 0 amide bonds. The lowest BCUT2D eigenvalue weighted by Gasteiger charge is -2.21. The third-order valence-electron chi connectivity index (χ3n) is 3.54. The smallest absolute Gasteiger partial charge is 0.321 e. The first kappa shape index (κ1) is 15.0. The van der Waals surface area contributed by atoms with Crippen LogP contribution in [0.1, 0.15) is 37.7 Å². The molecule has 0 bridgehead atoms. The Morgan fingerprint density at radius 3 is 2.35 bits per heavy atom. The Labute approximate surface area is 120 Å². The van der Waals surface area contributed by atoms with Gasteiger partial charge in [0, 0.05) is 0 Å². The van der Waals surface area contributed by atoms with Crippen molar-refractivity contribution in [1.29, 1.82) is 0 Å². The number of aryl methyl sites for hydroxylation is 1. The maximum Gasteiger partial charge on any atom is 0.321 e. The highest BCUT2D eigenvalue weighted by molar-refractivity contribution is 7.92. The summed E-state index contributed by atoms with van der Waals surface area (Å²) >= 11 is 0. The van der Waals surface area contributed by atoms with Crippen LogP contribution < -0.4 is 0 Å². The summed E-state index contributed by atoms with van der Waals surface area (Å²) in [6, 6.07) is 6.50. The second-order valence-corrected chi connectivity index (χ2v) is 7.31. The van der Waals surface area contributed by atoms with Gasteiger partial charge in [0.2, 0.25) is 0 Å². The summed E-state index contributed by atoms with van der Waals surface area (Å²) in [6.07, 6.45) is 4.83. The molecule has 2 rings (SSSR count). The second kappa shape index (κ2) is 6.39. The Kier molecular flexibility index (Phi) is 4.81. The highest BCUT2D eigenvalue weighted by Crippen LogP contribution is 2.21. The number of carbonyl (C=O) groups excluding carboxylic acids is 1. The summed E-state index contributed by atoms with van der Waals surface area (Å²) in [6.45, 7) is 1.88. The standard InChI is InChI=1S/C15H20O4S/c1-12-7-9-14(10-8-12)20(17,18)11-15(16)19-13-5-3-2-4-6-13/h7-10,13H,2-6,11H2,1H3. The van der Waals surface area contributed by atoms with Crippen LogP contribution in [0.5, 0.6) is 0 Å². The van der Waals surface area contributed by atoms with Gasteiger partial charge in [-0.2, -0.15) is 0 Å². The fourth-order valence-corrected chi connectivity index (χ4v) is 3.48. The molecule has 1 aromatic rings. The molecule has 0 unspecified atom stereocenters. The molecular formula is C15H20O4S. The van der Waals surface area contributed by atoms with E-state index in [0.29, 0.717) is 0 Å². The van der Waals surface area contributed by atoms with E-state index < -0.39 is 21.6 Å². The van der Waals surface area contributed by atoms with Gasteiger partial charge in [0.1, 0.15) is 6.10 Å². The minimum Gasteiger partial charge on any atom is -0.462 e. The van der Waals surface area contributed by atoms with Crippen molar-refractivity contribution in [2.75, 3.05) is 5.75 Å². The summed E-state index contributed by atoms with van der Waals surface area (Å²) in [5.41, 5.74) is 0.980. The maximum absolute atomic E-state index is 12.1. The van der Waals surface area contributed by atoms with Crippen molar-refractivity contribution in [2.24, 2.45) is 0 Å². The zero-order valence-electron chi connectivity index (χ0n) is 11.7. The molecule has 4 nitrogen and oxygen atoms in total. The molecule has 20 heavy (non-hydrogen) atoms. The molecule has 1 fully saturated rings. The topological polar surface area (TPSA) is 60.4 Å². The van der Waals surface area contributed by atoms with Crippen LogP contribution in [0.2, 0.25) is 0 Å². The Bertz CT molecular complexity index is 554. The van der Waals surface area contributed by atoms with Gasteiger partial charge in [-0.05, 0) is 44.7 Å². The van der Waals surface area contributed by atoms with Crippen LogP contribution in [0.3, 0.4) is 0 Å². The average Bonchev–Trinajstić information content (AvgIpc) is 2.39. The van der Waals surface area contributed by atoms with E-state index in [-0.39, 0.29) is 11.0 Å². The number of rotatable bonds is 4. The van der Waals surface area contributed by atoms with Crippen LogP contribution in [0.25, 0.3) is 0 Å². The number of benzene rings is 1. The summed E-state index contributed by atoms with van der Waals surface area (Å²) in [5, 5.41) is 0. The van der Waals surface area contributed by atoms with Crippen LogP contribution in [0.4, 0.5) is 0 Å². The minimum atomic E-state index is -3.60. The SMILES string of the molecule is Cc1ccc(S(=O)(=O)CC(=O)OC2CCCCC2)cc1. The van der Waals surface area contributed by atoms with Gasteiger partial charge in [-0.3, -0.25) is 4.79 Å². The Morgan fingerprint density at radius 2 is 1.75 bits per heavy atom. The largest absolute Gasteiger partial charge is 0.462 e. The van der Waals surface area contributed by atoms with E-state index in [2.05, 4.69) is 0 Å². The first-order valence-corrected chi connectivity index (χ1v) is 8.61. The van der Waals surface area contributed by atoms with Crippen LogP contribution in [0.15, 0.2) is 29.2 Å². The molecule has 1 aromatic carbocycles. The number of esters is 1. The first-order valence-electron chi connectivity index (χ1n) is 6.96. The van der Waals surface area contributed by atoms with Crippen LogP contribution >= 0.6 is 0 Å². The predicted octanol–water partition coefficient (Wildman–Crippen LogP) is 2.64. The van der Waals surface area contributed by atoms with Crippen molar-refractivity contribution >= 4 is 15.8 Å². The van der Waals surface area contributed by atoms with E-state index in [1.54, 1.807) is 12.1 Å². The van der Waals surface area contributed by atoms with Crippen molar-refractivity contribution in [3.05, 3.63) is 29.8 Å². The second-order valence-electron chi connectivity index (χ2n) is 5.32. The van der Waals surface area contributed by atoms with Gasteiger partial charge < -0.3 is 4.74 Å². The van der Waals surface area contributed by atoms with Gasteiger partial charge in [-0.1, -0.05) is 24.1 Å². The van der Waals surface area contributed by atoms with E-state index in [4.69, 9.17) is 4.74 Å². The molecule has 0 atom stereocenters. The molecule has 0 spiro atoms. The third-order valence-corrected chi connectivity index (χ3v) is 5.14. The molecule has 5 heteroatoms. The molecule has 0 aliphatic heterocycles. The monoisotopic (exact) mass is 296 g/mol. The van der Waals surface area contributed by atoms with Crippen molar-refractivity contribution < 1.29 is 17.9 Å². The molecule has 0 aromatic heterocycles. The van der Waals surface area contributed by atoms with E-state index in [1.165, 1.54) is 12.1 Å². The van der Waals surface area contributed by atoms with Crippen molar-refractivity contribution in [3.8, 4) is 0 Å². The quantitative estimate of drug-likeness (QED) is 0.801. The van der Waals surface area contributed by atoms with Crippen molar-refractivity contribution in [2.45, 2.75) is 50.0 Å². The number of ether oxygens (including phenoxy) is 1. The third kappa shape index (κ3) is 4.07. The van der Waals surface area contributed by atoms with E-state index >= 15 is 0 Å². The molecule has 1 aliphatic carbocycles. The number of hydrogen-bond acceptors (Lipinski definition) is 4. The minimum absolute atomic E-state index is 0.107. The zero-order valence-corrected chi connectivity index (χ0v) is 12.5. The molecule has 1 aliphatic rings. The summed E-state index contributed by atoms with van der Waals surface area (Å²) < 4.78 is 29.4. The van der Waals surface area contributed by atoms with Crippen LogP contribution in [-0.4, -0.2) is 26.2 Å². The lowest BCUT2D eigenvalue weighted by molar-refractivity contribution is -0.147. The van der Waals surface area contributed by atoms with Gasteiger partial charge in [-0.15, -0.1) is 0 Å². The van der Waals surface area contributed by atoms with Crippen molar-refractivity contribution in [3.63, 3.8) is 0 Å². The summed E-state index contributed by atoms with van der Waals surface area (Å²) in [4.78, 5) is 11.9. The molecule has 0 radical (unpaired) electrons. The fourth-order valence-electron chi connectivity index (χ4n) is 2.39. The van der Waals surface area contributed by atoms with Gasteiger partial charge in [0.25, 0.3) is 0 Å². The molecule has 0 saturated heterocycles. The number of hydrogen-bond donors (Lipinski definition) is 0. The Hall–Kier alpha value is -1.36. The normalized spacial score (nSPS) is 16.9. The van der Waals surface area contributed by atoms with Gasteiger partial charge >= 0.3 is 5.97 Å². The maximum atomic E-state index is 12.1. The lowest BCUT2D eigenvalue weighted by atomic mass is 9.98. The molecule has 1 saturated carbocycles. The molecule has 110 valence electrons. The number of sulfone groups is 1. The Morgan fingerprint density at radius 1 is 1.15 bits per heavy atom. The van der Waals surface area contributed by atoms with Crippen LogP contribution in [0, 0.1) is 6.92 Å². The fraction of sp³-hybridized carbons (Fsp3) is 0.533.